The van der Waals surface area contributed by atoms with E-state index in [9.17, 15) is 4.11 Å². The molecular formula is C45H30N6. The summed E-state index contributed by atoms with van der Waals surface area (Å²) in [7, 11) is 0. The first-order chi connectivity index (χ1) is 37.8. The summed E-state index contributed by atoms with van der Waals surface area (Å²) < 4.78 is 270. The zero-order valence-corrected chi connectivity index (χ0v) is 25.2. The van der Waals surface area contributed by atoms with Crippen LogP contribution in [0.4, 0.5) is 0 Å². The van der Waals surface area contributed by atoms with Gasteiger partial charge in [-0.15, -0.1) is 0 Å². The van der Waals surface area contributed by atoms with Crippen LogP contribution in [0.2, 0.25) is 0 Å². The third kappa shape index (κ3) is 4.84. The van der Waals surface area contributed by atoms with Gasteiger partial charge in [0.05, 0.1) is 74.2 Å². The molecule has 6 heteroatoms. The van der Waals surface area contributed by atoms with Crippen molar-refractivity contribution in [2.24, 2.45) is 0 Å². The van der Waals surface area contributed by atoms with Gasteiger partial charge in [-0.3, -0.25) is 13.7 Å². The van der Waals surface area contributed by atoms with Crippen LogP contribution < -0.4 is 0 Å². The van der Waals surface area contributed by atoms with E-state index in [1.54, 1.807) is 0 Å². The van der Waals surface area contributed by atoms with Crippen molar-refractivity contribution in [3.63, 3.8) is 0 Å². The van der Waals surface area contributed by atoms with Crippen LogP contribution in [0.5, 0.6) is 0 Å². The van der Waals surface area contributed by atoms with Crippen molar-refractivity contribution in [3.8, 4) is 51.2 Å². The molecule has 6 nitrogen and oxygen atoms in total. The molecule has 0 unspecified atom stereocenters. The molecule has 10 aromatic rings. The highest BCUT2D eigenvalue weighted by atomic mass is 15.1. The molecule has 0 spiro atoms. The van der Waals surface area contributed by atoms with Crippen molar-refractivity contribution in [1.29, 1.82) is 0 Å². The Hall–Kier alpha value is -7.05. The number of rotatable bonds is 6. The highest BCUT2D eigenvalue weighted by Crippen LogP contribution is 2.38. The van der Waals surface area contributed by atoms with E-state index in [1.807, 2.05) is 0 Å². The molecule has 0 N–H and O–H groups in total. The summed E-state index contributed by atoms with van der Waals surface area (Å²) in [5.41, 5.74) is -10.2. The molecule has 51 heavy (non-hydrogen) atoms. The summed E-state index contributed by atoms with van der Waals surface area (Å²) in [6.45, 7) is 0. The number of fused-ring (bicyclic) bond motifs is 3. The average Bonchev–Trinajstić information content (AvgIpc) is 4.34. The maximum Gasteiger partial charge on any atom is 0.145 e. The number of para-hydroxylation sites is 9. The molecule has 0 radical (unpaired) electrons. The monoisotopic (exact) mass is 684 g/mol. The van der Waals surface area contributed by atoms with E-state index in [0.717, 1.165) is 0 Å². The van der Waals surface area contributed by atoms with E-state index in [0.29, 0.717) is 13.7 Å². The zero-order valence-electron chi connectivity index (χ0n) is 55.2. The lowest BCUT2D eigenvalue weighted by Gasteiger charge is -2.15. The minimum atomic E-state index is -1.21. The fourth-order valence-electron chi connectivity index (χ4n) is 5.44. The normalized spacial score (nSPS) is 19.8. The molecule has 0 saturated heterocycles. The van der Waals surface area contributed by atoms with Crippen LogP contribution in [0.15, 0.2) is 181 Å². The van der Waals surface area contributed by atoms with Gasteiger partial charge in [0.25, 0.3) is 0 Å². The standard InChI is InChI=1S/C45H30N6/c1-4-16-34(17-5-1)49-40-25-13-10-22-37(40)46-43(49)31-28-32(44-47-38-23-11-14-26-41(38)50(44)35-18-6-2-7-19-35)30-33(29-31)45-48-39-24-12-15-27-42(39)51(45)36-20-8-3-9-21-36/h1-30H/i1D,2D,3D,4D,5D,6D,7D,8D,9D,10D,11D,12D,13D,14D,15D,16D,17D,18D,19D,20D,21D,22D,23D,24D,25D,26D,27D,28D,29D,30D. The topological polar surface area (TPSA) is 53.5 Å². The molecule has 240 valence electrons. The molecular weight excluding hydrogens is 625 g/mol. The number of aromatic nitrogens is 6. The van der Waals surface area contributed by atoms with E-state index >= 15 is 0 Å². The summed E-state index contributed by atoms with van der Waals surface area (Å²) in [4.78, 5) is 13.4. The molecule has 0 atom stereocenters. The Morgan fingerprint density at radius 2 is 0.569 bits per heavy atom. The predicted octanol–water partition coefficient (Wildman–Crippen LogP) is 10.7. The summed E-state index contributed by atoms with van der Waals surface area (Å²) in [5.74, 6) is -2.92. The van der Waals surface area contributed by atoms with Crippen molar-refractivity contribution in [3.05, 3.63) is 181 Å². The van der Waals surface area contributed by atoms with Gasteiger partial charge >= 0.3 is 0 Å². The number of imidazole rings is 3. The molecule has 0 aliphatic rings. The first kappa shape index (κ1) is 11.8. The summed E-state index contributed by atoms with van der Waals surface area (Å²) in [5, 5.41) is 0. The van der Waals surface area contributed by atoms with Crippen LogP contribution in [-0.4, -0.2) is 28.7 Å². The SMILES string of the molecule is [2H]c1c([2H])c([2H])c(-n2c(-c3c([2H])c(-c4nc5c([2H])c([2H])c([2H])c([2H])c5n4-c4c([2H])c([2H])c([2H])c([2H])c4[2H])c([2H])c(-c4nc5c([2H])c([2H])c([2H])c([2H])c5n4-c4c([2H])c([2H])c([2H])c([2H])c4[2H])c3[2H])nc3c([2H])c([2H])c([2H])c([2H])c32)c([2H])c1[2H]. The van der Waals surface area contributed by atoms with Crippen molar-refractivity contribution >= 4 is 33.1 Å². The van der Waals surface area contributed by atoms with Crippen LogP contribution in [0.3, 0.4) is 0 Å². The summed E-state index contributed by atoms with van der Waals surface area (Å²) >= 11 is 0. The van der Waals surface area contributed by atoms with Crippen molar-refractivity contribution < 1.29 is 41.1 Å². The van der Waals surface area contributed by atoms with Crippen molar-refractivity contribution in [1.82, 2.24) is 28.7 Å². The van der Waals surface area contributed by atoms with Gasteiger partial charge < -0.3 is 0 Å². The first-order valence-electron chi connectivity index (χ1n) is 29.6. The lowest BCUT2D eigenvalue weighted by molar-refractivity contribution is 1.09. The van der Waals surface area contributed by atoms with E-state index in [2.05, 4.69) is 15.0 Å². The molecule has 7 aromatic carbocycles. The molecule has 3 aromatic heterocycles. The number of nitrogens with zero attached hydrogens (tertiary/aromatic N) is 6. The molecule has 10 rings (SSSR count). The van der Waals surface area contributed by atoms with Crippen molar-refractivity contribution in [2.75, 3.05) is 0 Å². The number of benzene rings is 7. The lowest BCUT2D eigenvalue weighted by atomic mass is 10.0. The van der Waals surface area contributed by atoms with E-state index in [1.165, 1.54) is 0 Å². The third-order valence-corrected chi connectivity index (χ3v) is 7.46. The second kappa shape index (κ2) is 11.8. The van der Waals surface area contributed by atoms with Gasteiger partial charge in [0.15, 0.2) is 0 Å². The smallest absolute Gasteiger partial charge is 0.145 e. The molecule has 0 amide bonds. The minimum absolute atomic E-state index is 0.595. The fraction of sp³-hybridized carbons (Fsp3) is 0. The van der Waals surface area contributed by atoms with Crippen LogP contribution in [0.25, 0.3) is 84.3 Å². The van der Waals surface area contributed by atoms with Gasteiger partial charge in [-0.05, 0) is 90.6 Å². The predicted molar refractivity (Wildman–Crippen MR) is 207 cm³/mol. The van der Waals surface area contributed by atoms with Crippen LogP contribution in [0.1, 0.15) is 41.1 Å². The number of hydrogen-bond acceptors (Lipinski definition) is 3. The Labute approximate surface area is 336 Å². The van der Waals surface area contributed by atoms with Gasteiger partial charge in [0.1, 0.15) is 17.5 Å². The fourth-order valence-corrected chi connectivity index (χ4v) is 5.44. The molecule has 0 aliphatic heterocycles. The zero-order chi connectivity index (χ0) is 59.8. The highest BCUT2D eigenvalue weighted by molar-refractivity contribution is 5.90. The van der Waals surface area contributed by atoms with E-state index in [-0.39, 0.29) is 0 Å². The highest BCUT2D eigenvalue weighted by Gasteiger charge is 2.22. The Morgan fingerprint density at radius 3 is 0.863 bits per heavy atom. The molecule has 0 bridgehead atoms. The second-order valence-electron chi connectivity index (χ2n) is 10.3. The quantitative estimate of drug-likeness (QED) is 0.175. The Morgan fingerprint density at radius 1 is 0.314 bits per heavy atom. The maximum atomic E-state index is 10.2. The van der Waals surface area contributed by atoms with Crippen molar-refractivity contribution in [2.45, 2.75) is 0 Å². The minimum Gasteiger partial charge on any atom is -0.292 e. The lowest BCUT2D eigenvalue weighted by Crippen LogP contribution is -2.02. The molecule has 3 heterocycles. The first-order valence-corrected chi connectivity index (χ1v) is 14.6. The molecule has 0 saturated carbocycles. The third-order valence-electron chi connectivity index (χ3n) is 7.46. The van der Waals surface area contributed by atoms with Gasteiger partial charge in [0, 0.05) is 33.8 Å². The van der Waals surface area contributed by atoms with Gasteiger partial charge in [-0.25, -0.2) is 15.0 Å². The van der Waals surface area contributed by atoms with E-state index in [4.69, 9.17) is 37.0 Å². The largest absolute Gasteiger partial charge is 0.292 e. The Bertz CT molecular complexity index is 4030. The summed E-state index contributed by atoms with van der Waals surface area (Å²) in [6.07, 6.45) is 0. The Kier molecular flexibility index (Phi) is 2.73. The van der Waals surface area contributed by atoms with Gasteiger partial charge in [-0.1, -0.05) is 90.6 Å². The summed E-state index contributed by atoms with van der Waals surface area (Å²) in [6, 6.07) is -30.2. The second-order valence-corrected chi connectivity index (χ2v) is 10.3. The molecule has 0 fully saturated rings. The van der Waals surface area contributed by atoms with Crippen LogP contribution >= 0.6 is 0 Å². The van der Waals surface area contributed by atoms with Crippen LogP contribution in [0, 0.1) is 0 Å². The average molecular weight is 685 g/mol. The van der Waals surface area contributed by atoms with Gasteiger partial charge in [0.2, 0.25) is 0 Å². The number of hydrogen-bond donors (Lipinski definition) is 0. The Balaban J connectivity index is 1.56. The van der Waals surface area contributed by atoms with E-state index < -0.39 is 266 Å². The molecule has 0 aliphatic carbocycles. The van der Waals surface area contributed by atoms with Crippen LogP contribution in [-0.2, 0) is 0 Å². The maximum absolute atomic E-state index is 10.2. The van der Waals surface area contributed by atoms with Gasteiger partial charge in [-0.2, -0.15) is 0 Å².